The molecule has 1 saturated heterocycles. The predicted octanol–water partition coefficient (Wildman–Crippen LogP) is 5.21. The molecule has 1 aliphatic heterocycles. The molecule has 142 valence electrons. The van der Waals surface area contributed by atoms with Gasteiger partial charge in [0.05, 0.1) is 5.56 Å². The number of rotatable bonds is 5. The maximum Gasteiger partial charge on any atom is 0.258 e. The second-order valence-electron chi connectivity index (χ2n) is 7.72. The third-order valence-corrected chi connectivity index (χ3v) is 6.86. The van der Waals surface area contributed by atoms with Crippen LogP contribution in [0.3, 0.4) is 0 Å². The molecule has 1 amide bonds. The number of benzene rings is 1. The van der Waals surface area contributed by atoms with E-state index in [2.05, 4.69) is 34.3 Å². The largest absolute Gasteiger partial charge is 0.371 e. The van der Waals surface area contributed by atoms with Gasteiger partial charge in [-0.3, -0.25) is 4.79 Å². The highest BCUT2D eigenvalue weighted by atomic mass is 32.2. The fraction of sp³-hybridized carbons (Fsp3) is 0.455. The zero-order valence-electron chi connectivity index (χ0n) is 15.9. The number of nitrogens with one attached hydrogen (secondary N) is 1. The lowest BCUT2D eigenvalue weighted by atomic mass is 10.2. The van der Waals surface area contributed by atoms with Crippen LogP contribution in [0.25, 0.3) is 0 Å². The number of hydrogen-bond acceptors (Lipinski definition) is 4. The van der Waals surface area contributed by atoms with Crippen LogP contribution in [0.5, 0.6) is 0 Å². The molecule has 1 aliphatic carbocycles. The molecule has 2 fully saturated rings. The molecule has 1 aromatic heterocycles. The summed E-state index contributed by atoms with van der Waals surface area (Å²) >= 11 is 1.76. The monoisotopic (exact) mass is 381 g/mol. The van der Waals surface area contributed by atoms with Crippen molar-refractivity contribution < 1.29 is 4.79 Å². The molecule has 4 rings (SSSR count). The van der Waals surface area contributed by atoms with Crippen LogP contribution in [0, 0.1) is 5.92 Å². The summed E-state index contributed by atoms with van der Waals surface area (Å²) in [5, 5.41) is 4.48. The van der Waals surface area contributed by atoms with Gasteiger partial charge in [-0.1, -0.05) is 19.8 Å². The molecule has 1 saturated carbocycles. The van der Waals surface area contributed by atoms with E-state index in [1.54, 1.807) is 18.0 Å². The fourth-order valence-corrected chi connectivity index (χ4v) is 5.24. The average molecular weight is 382 g/mol. The molecular formula is C22H27N3OS. The first-order valence-electron chi connectivity index (χ1n) is 9.97. The molecule has 0 spiro atoms. The summed E-state index contributed by atoms with van der Waals surface area (Å²) in [6, 6.07) is 11.9. The van der Waals surface area contributed by atoms with Crippen molar-refractivity contribution >= 4 is 29.0 Å². The van der Waals surface area contributed by atoms with E-state index in [4.69, 9.17) is 0 Å². The minimum atomic E-state index is -0.0776. The van der Waals surface area contributed by atoms with Gasteiger partial charge in [0, 0.05) is 35.9 Å². The second-order valence-corrected chi connectivity index (χ2v) is 9.01. The van der Waals surface area contributed by atoms with Gasteiger partial charge >= 0.3 is 0 Å². The Kier molecular flexibility index (Phi) is 5.67. The molecule has 5 heteroatoms. The first-order chi connectivity index (χ1) is 13.2. The molecular weight excluding hydrogens is 354 g/mol. The number of pyridine rings is 1. The van der Waals surface area contributed by atoms with Gasteiger partial charge in [-0.25, -0.2) is 4.98 Å². The lowest BCUT2D eigenvalue weighted by Crippen LogP contribution is -2.19. The number of anilines is 2. The Labute approximate surface area is 165 Å². The standard InChI is InChI=1S/C22H27N3OS/c1-16-12-14-25(15-16)18-10-8-17(9-11-18)24-21(26)20-7-4-13-23-22(20)27-19-5-2-3-6-19/h4,7-11,13,16,19H,2-3,5-6,12,14-15H2,1H3,(H,24,26). The van der Waals surface area contributed by atoms with E-state index in [-0.39, 0.29) is 5.91 Å². The van der Waals surface area contributed by atoms with Crippen molar-refractivity contribution in [3.05, 3.63) is 48.2 Å². The van der Waals surface area contributed by atoms with Crippen LogP contribution in [0.15, 0.2) is 47.6 Å². The topological polar surface area (TPSA) is 45.2 Å². The van der Waals surface area contributed by atoms with Crippen LogP contribution in [0.1, 0.15) is 49.4 Å². The first-order valence-corrected chi connectivity index (χ1v) is 10.8. The summed E-state index contributed by atoms with van der Waals surface area (Å²) in [5.74, 6) is 0.678. The smallest absolute Gasteiger partial charge is 0.258 e. The third-order valence-electron chi connectivity index (χ3n) is 5.51. The maximum absolute atomic E-state index is 12.8. The average Bonchev–Trinajstić information content (AvgIpc) is 3.34. The third kappa shape index (κ3) is 4.46. The molecule has 1 unspecified atom stereocenters. The van der Waals surface area contributed by atoms with Gasteiger partial charge in [-0.15, -0.1) is 11.8 Å². The van der Waals surface area contributed by atoms with E-state index < -0.39 is 0 Å². The van der Waals surface area contributed by atoms with Crippen molar-refractivity contribution in [2.75, 3.05) is 23.3 Å². The Morgan fingerprint density at radius 3 is 2.63 bits per heavy atom. The fourth-order valence-electron chi connectivity index (χ4n) is 3.95. The highest BCUT2D eigenvalue weighted by molar-refractivity contribution is 7.99. The molecule has 2 heterocycles. The predicted molar refractivity (Wildman–Crippen MR) is 113 cm³/mol. The molecule has 2 aromatic rings. The number of thioether (sulfide) groups is 1. The zero-order chi connectivity index (χ0) is 18.6. The van der Waals surface area contributed by atoms with Crippen molar-refractivity contribution in [1.29, 1.82) is 0 Å². The van der Waals surface area contributed by atoms with Gasteiger partial charge < -0.3 is 10.2 Å². The Morgan fingerprint density at radius 2 is 1.93 bits per heavy atom. The van der Waals surface area contributed by atoms with Crippen molar-refractivity contribution in [2.24, 2.45) is 5.92 Å². The molecule has 0 bridgehead atoms. The summed E-state index contributed by atoms with van der Waals surface area (Å²) in [7, 11) is 0. The number of aromatic nitrogens is 1. The van der Waals surface area contributed by atoms with E-state index in [1.165, 1.54) is 37.8 Å². The number of carbonyl (C=O) groups is 1. The van der Waals surface area contributed by atoms with Crippen molar-refractivity contribution in [3.8, 4) is 0 Å². The van der Waals surface area contributed by atoms with Gasteiger partial charge in [0.1, 0.15) is 5.03 Å². The van der Waals surface area contributed by atoms with Crippen LogP contribution >= 0.6 is 11.8 Å². The Balaban J connectivity index is 1.43. The summed E-state index contributed by atoms with van der Waals surface area (Å²) in [4.78, 5) is 19.7. The minimum absolute atomic E-state index is 0.0776. The Morgan fingerprint density at radius 1 is 1.15 bits per heavy atom. The van der Waals surface area contributed by atoms with Crippen LogP contribution in [0.4, 0.5) is 11.4 Å². The van der Waals surface area contributed by atoms with Gasteiger partial charge in [-0.05, 0) is 61.6 Å². The normalized spacial score (nSPS) is 20.2. The number of nitrogens with zero attached hydrogens (tertiary/aromatic N) is 2. The highest BCUT2D eigenvalue weighted by Crippen LogP contribution is 2.35. The van der Waals surface area contributed by atoms with Crippen LogP contribution < -0.4 is 10.2 Å². The highest BCUT2D eigenvalue weighted by Gasteiger charge is 2.21. The molecule has 1 atom stereocenters. The number of amides is 1. The van der Waals surface area contributed by atoms with Gasteiger partial charge in [0.25, 0.3) is 5.91 Å². The van der Waals surface area contributed by atoms with E-state index in [9.17, 15) is 4.79 Å². The van der Waals surface area contributed by atoms with Gasteiger partial charge in [0.15, 0.2) is 0 Å². The Hall–Kier alpha value is -2.01. The van der Waals surface area contributed by atoms with Gasteiger partial charge in [-0.2, -0.15) is 0 Å². The lowest BCUT2D eigenvalue weighted by molar-refractivity contribution is 0.102. The number of hydrogen-bond donors (Lipinski definition) is 1. The molecule has 1 aromatic carbocycles. The summed E-state index contributed by atoms with van der Waals surface area (Å²) < 4.78 is 0. The lowest BCUT2D eigenvalue weighted by Gasteiger charge is -2.18. The van der Waals surface area contributed by atoms with Crippen molar-refractivity contribution in [2.45, 2.75) is 49.3 Å². The molecule has 4 nitrogen and oxygen atoms in total. The van der Waals surface area contributed by atoms with Crippen LogP contribution in [-0.2, 0) is 0 Å². The van der Waals surface area contributed by atoms with E-state index >= 15 is 0 Å². The summed E-state index contributed by atoms with van der Waals surface area (Å²) in [5.41, 5.74) is 2.74. The van der Waals surface area contributed by atoms with Crippen molar-refractivity contribution in [3.63, 3.8) is 0 Å². The maximum atomic E-state index is 12.8. The molecule has 0 radical (unpaired) electrons. The van der Waals surface area contributed by atoms with E-state index in [0.717, 1.165) is 29.7 Å². The molecule has 2 aliphatic rings. The Bertz CT molecular complexity index is 786. The SMILES string of the molecule is CC1CCN(c2ccc(NC(=O)c3cccnc3SC3CCCC3)cc2)C1. The van der Waals surface area contributed by atoms with Gasteiger partial charge in [0.2, 0.25) is 0 Å². The summed E-state index contributed by atoms with van der Waals surface area (Å²) in [6.45, 7) is 4.52. The summed E-state index contributed by atoms with van der Waals surface area (Å²) in [6.07, 6.45) is 8.04. The van der Waals surface area contributed by atoms with E-state index in [0.29, 0.717) is 10.8 Å². The van der Waals surface area contributed by atoms with Crippen molar-refractivity contribution in [1.82, 2.24) is 4.98 Å². The van der Waals surface area contributed by atoms with E-state index in [1.807, 2.05) is 24.3 Å². The van der Waals surface area contributed by atoms with Crippen LogP contribution in [-0.4, -0.2) is 29.2 Å². The minimum Gasteiger partial charge on any atom is -0.371 e. The number of carbonyl (C=O) groups excluding carboxylic acids is 1. The quantitative estimate of drug-likeness (QED) is 0.772. The zero-order valence-corrected chi connectivity index (χ0v) is 16.7. The molecule has 1 N–H and O–H groups in total. The molecule has 27 heavy (non-hydrogen) atoms. The first kappa shape index (κ1) is 18.4. The van der Waals surface area contributed by atoms with Crippen LogP contribution in [0.2, 0.25) is 0 Å². The second kappa shape index (κ2) is 8.34.